The maximum atomic E-state index is 13.2. The predicted molar refractivity (Wildman–Crippen MR) is 164 cm³/mol. The zero-order valence-electron chi connectivity index (χ0n) is 24.3. The fourth-order valence-corrected chi connectivity index (χ4v) is 5.63. The van der Waals surface area contributed by atoms with Crippen molar-refractivity contribution in [2.45, 2.75) is 25.9 Å². The normalized spacial score (nSPS) is 15.2. The summed E-state index contributed by atoms with van der Waals surface area (Å²) in [6, 6.07) is 21.8. The molecule has 2 aliphatic rings. The first kappa shape index (κ1) is 27.6. The number of ether oxygens (including phenoxy) is 3. The second kappa shape index (κ2) is 12.5. The number of benzene rings is 3. The van der Waals surface area contributed by atoms with E-state index in [1.54, 1.807) is 14.2 Å². The van der Waals surface area contributed by atoms with Crippen LogP contribution in [0.3, 0.4) is 0 Å². The third kappa shape index (κ3) is 6.05. The first-order valence-corrected chi connectivity index (χ1v) is 14.6. The van der Waals surface area contributed by atoms with E-state index in [1.165, 1.54) is 0 Å². The van der Waals surface area contributed by atoms with Crippen molar-refractivity contribution in [3.05, 3.63) is 77.9 Å². The second-order valence-corrected chi connectivity index (χ2v) is 10.7. The minimum absolute atomic E-state index is 0.127. The quantitative estimate of drug-likeness (QED) is 0.288. The standard InChI is InChI=1S/C33H37N5O4/c1-40-29-21-27-28(22-30(29)41-2)34-33(35-32(27)37-14-6-7-15-37)38-18-16-36(17-19-38)31(39)20-24-10-12-26(13-11-24)42-23-25-8-4-3-5-9-25/h3-5,8-13,21-22H,6-7,14-20,23H2,1-2H3. The van der Waals surface area contributed by atoms with Crippen LogP contribution in [0.4, 0.5) is 11.8 Å². The van der Waals surface area contributed by atoms with Gasteiger partial charge in [-0.25, -0.2) is 4.98 Å². The van der Waals surface area contributed by atoms with Crippen molar-refractivity contribution >= 4 is 28.6 Å². The van der Waals surface area contributed by atoms with Gasteiger partial charge in [0.05, 0.1) is 26.2 Å². The lowest BCUT2D eigenvalue weighted by Gasteiger charge is -2.35. The Balaban J connectivity index is 1.10. The van der Waals surface area contributed by atoms with Crippen LogP contribution in [0.15, 0.2) is 66.7 Å². The molecule has 2 saturated heterocycles. The average Bonchev–Trinajstić information content (AvgIpc) is 3.59. The van der Waals surface area contributed by atoms with Crippen molar-refractivity contribution in [3.8, 4) is 17.2 Å². The summed E-state index contributed by atoms with van der Waals surface area (Å²) >= 11 is 0. The van der Waals surface area contributed by atoms with E-state index in [9.17, 15) is 4.79 Å². The van der Waals surface area contributed by atoms with E-state index in [2.05, 4.69) is 9.80 Å². The number of carbonyl (C=O) groups excluding carboxylic acids is 1. The van der Waals surface area contributed by atoms with Gasteiger partial charge < -0.3 is 28.9 Å². The summed E-state index contributed by atoms with van der Waals surface area (Å²) in [7, 11) is 3.28. The van der Waals surface area contributed by atoms with E-state index in [0.29, 0.717) is 56.7 Å². The summed E-state index contributed by atoms with van der Waals surface area (Å²) in [4.78, 5) is 29.6. The highest BCUT2D eigenvalue weighted by Crippen LogP contribution is 2.37. The third-order valence-electron chi connectivity index (χ3n) is 8.02. The molecule has 6 rings (SSSR count). The Morgan fingerprint density at radius 1 is 0.762 bits per heavy atom. The number of hydrogen-bond acceptors (Lipinski definition) is 8. The zero-order valence-corrected chi connectivity index (χ0v) is 24.3. The molecule has 0 aliphatic carbocycles. The number of hydrogen-bond donors (Lipinski definition) is 0. The van der Waals surface area contributed by atoms with Gasteiger partial charge in [-0.2, -0.15) is 4.98 Å². The van der Waals surface area contributed by atoms with E-state index in [1.807, 2.05) is 71.6 Å². The molecule has 0 radical (unpaired) electrons. The van der Waals surface area contributed by atoms with Gasteiger partial charge in [0, 0.05) is 50.7 Å². The monoisotopic (exact) mass is 567 g/mol. The molecule has 2 aliphatic heterocycles. The number of methoxy groups -OCH3 is 2. The molecule has 218 valence electrons. The summed E-state index contributed by atoms with van der Waals surface area (Å²) in [5.74, 6) is 3.86. The molecule has 0 spiro atoms. The molecule has 42 heavy (non-hydrogen) atoms. The Kier molecular flexibility index (Phi) is 8.26. The minimum Gasteiger partial charge on any atom is -0.493 e. The van der Waals surface area contributed by atoms with Crippen LogP contribution in [-0.4, -0.2) is 74.3 Å². The van der Waals surface area contributed by atoms with Crippen LogP contribution in [0.2, 0.25) is 0 Å². The van der Waals surface area contributed by atoms with Crippen LogP contribution < -0.4 is 24.0 Å². The number of fused-ring (bicyclic) bond motifs is 1. The van der Waals surface area contributed by atoms with Crippen molar-refractivity contribution in [2.24, 2.45) is 0 Å². The van der Waals surface area contributed by atoms with Gasteiger partial charge in [-0.05, 0) is 42.2 Å². The topological polar surface area (TPSA) is 80.3 Å². The largest absolute Gasteiger partial charge is 0.493 e. The zero-order chi connectivity index (χ0) is 28.9. The van der Waals surface area contributed by atoms with Crippen molar-refractivity contribution < 1.29 is 19.0 Å². The van der Waals surface area contributed by atoms with Crippen molar-refractivity contribution in [1.29, 1.82) is 0 Å². The molecule has 2 fully saturated rings. The molecule has 1 aromatic heterocycles. The average molecular weight is 568 g/mol. The highest BCUT2D eigenvalue weighted by molar-refractivity contribution is 5.93. The number of aromatic nitrogens is 2. The van der Waals surface area contributed by atoms with Crippen LogP contribution in [0.5, 0.6) is 17.2 Å². The number of carbonyl (C=O) groups is 1. The first-order valence-electron chi connectivity index (χ1n) is 14.6. The summed E-state index contributed by atoms with van der Waals surface area (Å²) in [5.41, 5.74) is 2.93. The molecule has 0 unspecified atom stereocenters. The molecule has 0 atom stereocenters. The maximum Gasteiger partial charge on any atom is 0.228 e. The molecule has 3 heterocycles. The van der Waals surface area contributed by atoms with E-state index < -0.39 is 0 Å². The van der Waals surface area contributed by atoms with Crippen molar-refractivity contribution in [3.63, 3.8) is 0 Å². The number of amides is 1. The van der Waals surface area contributed by atoms with Gasteiger partial charge in [-0.1, -0.05) is 42.5 Å². The minimum atomic E-state index is 0.127. The van der Waals surface area contributed by atoms with Gasteiger partial charge in [-0.15, -0.1) is 0 Å². The molecule has 4 aromatic rings. The Morgan fingerprint density at radius 2 is 1.45 bits per heavy atom. The third-order valence-corrected chi connectivity index (χ3v) is 8.02. The van der Waals surface area contributed by atoms with Gasteiger partial charge in [0.2, 0.25) is 11.9 Å². The molecule has 9 heteroatoms. The Bertz CT molecular complexity index is 1520. The lowest BCUT2D eigenvalue weighted by Crippen LogP contribution is -2.49. The van der Waals surface area contributed by atoms with E-state index in [-0.39, 0.29) is 5.91 Å². The lowest BCUT2D eigenvalue weighted by molar-refractivity contribution is -0.130. The van der Waals surface area contributed by atoms with E-state index in [4.69, 9.17) is 24.2 Å². The number of piperazine rings is 1. The Labute approximate surface area is 246 Å². The number of nitrogens with zero attached hydrogens (tertiary/aromatic N) is 5. The predicted octanol–water partition coefficient (Wildman–Crippen LogP) is 4.72. The molecule has 0 N–H and O–H groups in total. The number of rotatable bonds is 9. The summed E-state index contributed by atoms with van der Waals surface area (Å²) in [6.45, 7) is 5.08. The van der Waals surface area contributed by atoms with Crippen LogP contribution >= 0.6 is 0 Å². The SMILES string of the molecule is COc1cc2nc(N3CCN(C(=O)Cc4ccc(OCc5ccccc5)cc4)CC3)nc(N3CCCC3)c2cc1OC. The van der Waals surface area contributed by atoms with Crippen molar-refractivity contribution in [2.75, 3.05) is 63.3 Å². The fraction of sp³-hybridized carbons (Fsp3) is 0.364. The molecule has 0 saturated carbocycles. The van der Waals surface area contributed by atoms with Gasteiger partial charge in [0.25, 0.3) is 0 Å². The Hall–Kier alpha value is -4.53. The summed E-state index contributed by atoms with van der Waals surface area (Å²) in [5, 5.41) is 0.962. The molecule has 0 bridgehead atoms. The summed E-state index contributed by atoms with van der Waals surface area (Å²) < 4.78 is 17.0. The van der Waals surface area contributed by atoms with Gasteiger partial charge in [0.15, 0.2) is 11.5 Å². The highest BCUT2D eigenvalue weighted by Gasteiger charge is 2.26. The maximum absolute atomic E-state index is 13.2. The number of anilines is 2. The molecular formula is C33H37N5O4. The van der Waals surface area contributed by atoms with E-state index in [0.717, 1.165) is 59.5 Å². The van der Waals surface area contributed by atoms with Gasteiger partial charge in [0.1, 0.15) is 18.2 Å². The molecule has 1 amide bonds. The highest BCUT2D eigenvalue weighted by atomic mass is 16.5. The Morgan fingerprint density at radius 3 is 2.14 bits per heavy atom. The van der Waals surface area contributed by atoms with Crippen molar-refractivity contribution in [1.82, 2.24) is 14.9 Å². The van der Waals surface area contributed by atoms with Gasteiger partial charge in [-0.3, -0.25) is 4.79 Å². The first-order chi connectivity index (χ1) is 20.6. The summed E-state index contributed by atoms with van der Waals surface area (Å²) in [6.07, 6.45) is 2.67. The van der Waals surface area contributed by atoms with Crippen LogP contribution in [0, 0.1) is 0 Å². The van der Waals surface area contributed by atoms with Crippen LogP contribution in [-0.2, 0) is 17.8 Å². The van der Waals surface area contributed by atoms with Gasteiger partial charge >= 0.3 is 0 Å². The fourth-order valence-electron chi connectivity index (χ4n) is 5.63. The molecular weight excluding hydrogens is 530 g/mol. The van der Waals surface area contributed by atoms with E-state index >= 15 is 0 Å². The molecule has 9 nitrogen and oxygen atoms in total. The lowest BCUT2D eigenvalue weighted by atomic mass is 10.1. The molecule has 3 aromatic carbocycles. The van der Waals surface area contributed by atoms with Crippen LogP contribution in [0.25, 0.3) is 10.9 Å². The van der Waals surface area contributed by atoms with Crippen LogP contribution in [0.1, 0.15) is 24.0 Å². The smallest absolute Gasteiger partial charge is 0.228 e. The second-order valence-electron chi connectivity index (χ2n) is 10.7.